The second kappa shape index (κ2) is 7.05. The lowest BCUT2D eigenvalue weighted by Crippen LogP contribution is -2.55. The molecule has 0 aromatic heterocycles. The predicted molar refractivity (Wildman–Crippen MR) is 71.7 cm³/mol. The van der Waals surface area contributed by atoms with Crippen LogP contribution in [0, 0.1) is 0 Å². The molecule has 1 rings (SSSR count). The molecule has 1 aromatic rings. The molecule has 1 aromatic carbocycles. The van der Waals surface area contributed by atoms with Crippen LogP contribution in [0.25, 0.3) is 0 Å². The molecular formula is C14H18O7. The Labute approximate surface area is 122 Å². The molecule has 0 aliphatic heterocycles. The number of methoxy groups -OCH3 is 3. The number of carbonyl (C=O) groups excluding carboxylic acids is 2. The van der Waals surface area contributed by atoms with E-state index in [1.54, 1.807) is 24.3 Å². The Morgan fingerprint density at radius 3 is 2.14 bits per heavy atom. The van der Waals surface area contributed by atoms with Gasteiger partial charge < -0.3 is 24.4 Å². The predicted octanol–water partition coefficient (Wildman–Crippen LogP) is -0.324. The summed E-state index contributed by atoms with van der Waals surface area (Å²) < 4.78 is 13.8. The highest BCUT2D eigenvalue weighted by atomic mass is 16.6. The molecule has 21 heavy (non-hydrogen) atoms. The van der Waals surface area contributed by atoms with Gasteiger partial charge >= 0.3 is 11.9 Å². The number of aliphatic hydroxyl groups excluding tert-OH is 1. The largest absolute Gasteiger partial charge is 0.497 e. The number of hydrogen-bond donors (Lipinski definition) is 2. The summed E-state index contributed by atoms with van der Waals surface area (Å²) in [6, 6.07) is 6.43. The minimum atomic E-state index is -2.43. The van der Waals surface area contributed by atoms with Gasteiger partial charge in [-0.2, -0.15) is 0 Å². The van der Waals surface area contributed by atoms with Gasteiger partial charge in [0, 0.05) is 6.42 Å². The minimum Gasteiger partial charge on any atom is -0.497 e. The molecule has 0 saturated carbocycles. The van der Waals surface area contributed by atoms with E-state index in [0.29, 0.717) is 11.3 Å². The van der Waals surface area contributed by atoms with E-state index in [4.69, 9.17) is 4.74 Å². The summed E-state index contributed by atoms with van der Waals surface area (Å²) in [6.45, 7) is 0. The van der Waals surface area contributed by atoms with Crippen molar-refractivity contribution >= 4 is 11.9 Å². The molecule has 0 amide bonds. The molecule has 0 heterocycles. The van der Waals surface area contributed by atoms with Gasteiger partial charge in [0.1, 0.15) is 5.75 Å². The third-order valence-electron chi connectivity index (χ3n) is 3.05. The molecule has 0 saturated heterocycles. The Morgan fingerprint density at radius 1 is 1.14 bits per heavy atom. The SMILES string of the molecule is COC(=O)[C@@H](O)[C@](O)(Cc1ccc(OC)cc1)C(=O)OC. The summed E-state index contributed by atoms with van der Waals surface area (Å²) in [5, 5.41) is 20.2. The van der Waals surface area contributed by atoms with Crippen LogP contribution in [0.4, 0.5) is 0 Å². The van der Waals surface area contributed by atoms with Crippen LogP contribution in [0.1, 0.15) is 5.56 Å². The molecule has 0 fully saturated rings. The molecule has 7 heteroatoms. The Balaban J connectivity index is 3.07. The maximum Gasteiger partial charge on any atom is 0.341 e. The summed E-state index contributed by atoms with van der Waals surface area (Å²) in [4.78, 5) is 23.2. The fraction of sp³-hybridized carbons (Fsp3) is 0.429. The first-order valence-corrected chi connectivity index (χ1v) is 6.08. The van der Waals surface area contributed by atoms with Gasteiger partial charge in [0.25, 0.3) is 0 Å². The topological polar surface area (TPSA) is 102 Å². The van der Waals surface area contributed by atoms with E-state index in [0.717, 1.165) is 14.2 Å². The van der Waals surface area contributed by atoms with E-state index in [9.17, 15) is 19.8 Å². The smallest absolute Gasteiger partial charge is 0.341 e. The number of hydrogen-bond acceptors (Lipinski definition) is 7. The van der Waals surface area contributed by atoms with Gasteiger partial charge in [-0.25, -0.2) is 9.59 Å². The lowest BCUT2D eigenvalue weighted by molar-refractivity contribution is -0.187. The zero-order valence-electron chi connectivity index (χ0n) is 12.0. The average molecular weight is 298 g/mol. The average Bonchev–Trinajstić information content (AvgIpc) is 2.52. The first-order valence-electron chi connectivity index (χ1n) is 6.08. The van der Waals surface area contributed by atoms with Crippen LogP contribution in [0.15, 0.2) is 24.3 Å². The minimum absolute atomic E-state index is 0.320. The lowest BCUT2D eigenvalue weighted by Gasteiger charge is -2.28. The maximum atomic E-state index is 11.8. The number of esters is 2. The van der Waals surface area contributed by atoms with Crippen LogP contribution >= 0.6 is 0 Å². The van der Waals surface area contributed by atoms with Crippen molar-refractivity contribution in [2.24, 2.45) is 0 Å². The van der Waals surface area contributed by atoms with Crippen molar-refractivity contribution < 1.29 is 34.0 Å². The van der Waals surface area contributed by atoms with Crippen molar-refractivity contribution in [1.82, 2.24) is 0 Å². The van der Waals surface area contributed by atoms with Crippen molar-refractivity contribution in [3.05, 3.63) is 29.8 Å². The first-order chi connectivity index (χ1) is 9.88. The Kier molecular flexibility index (Phi) is 5.69. The lowest BCUT2D eigenvalue weighted by atomic mass is 9.89. The second-order valence-electron chi connectivity index (χ2n) is 4.37. The third-order valence-corrected chi connectivity index (χ3v) is 3.05. The van der Waals surface area contributed by atoms with E-state index in [1.807, 2.05) is 0 Å². The standard InChI is InChI=1S/C14H18O7/c1-19-10-6-4-9(5-7-10)8-14(18,13(17)21-3)11(15)12(16)20-2/h4-7,11,15,18H,8H2,1-3H3/t11-,14-/m1/s1. The van der Waals surface area contributed by atoms with Crippen molar-refractivity contribution in [1.29, 1.82) is 0 Å². The van der Waals surface area contributed by atoms with Gasteiger partial charge in [-0.05, 0) is 17.7 Å². The van der Waals surface area contributed by atoms with Crippen LogP contribution in [-0.4, -0.2) is 55.2 Å². The van der Waals surface area contributed by atoms with Crippen molar-refractivity contribution in [2.75, 3.05) is 21.3 Å². The summed E-state index contributed by atoms with van der Waals surface area (Å²) in [6.07, 6.45) is -2.38. The molecule has 0 bridgehead atoms. The van der Waals surface area contributed by atoms with Gasteiger partial charge in [-0.1, -0.05) is 12.1 Å². The zero-order valence-corrected chi connectivity index (χ0v) is 12.0. The quantitative estimate of drug-likeness (QED) is 0.694. The number of carbonyl (C=O) groups is 2. The number of benzene rings is 1. The molecule has 116 valence electrons. The Bertz CT molecular complexity index is 497. The molecule has 0 unspecified atom stereocenters. The molecule has 0 aliphatic carbocycles. The second-order valence-corrected chi connectivity index (χ2v) is 4.37. The van der Waals surface area contributed by atoms with Gasteiger partial charge in [-0.15, -0.1) is 0 Å². The molecule has 2 N–H and O–H groups in total. The normalized spacial score (nSPS) is 14.7. The summed E-state index contributed by atoms with van der Waals surface area (Å²) >= 11 is 0. The Hall–Kier alpha value is -2.12. The zero-order chi connectivity index (χ0) is 16.0. The highest BCUT2D eigenvalue weighted by Gasteiger charge is 2.49. The van der Waals surface area contributed by atoms with E-state index in [-0.39, 0.29) is 6.42 Å². The fourth-order valence-corrected chi connectivity index (χ4v) is 1.82. The summed E-state index contributed by atoms with van der Waals surface area (Å²) in [5.74, 6) is -1.67. The molecule has 7 nitrogen and oxygen atoms in total. The molecule has 0 spiro atoms. The maximum absolute atomic E-state index is 11.8. The number of aliphatic hydroxyl groups is 2. The van der Waals surface area contributed by atoms with E-state index in [2.05, 4.69) is 9.47 Å². The van der Waals surface area contributed by atoms with Crippen LogP contribution in [0.5, 0.6) is 5.75 Å². The number of ether oxygens (including phenoxy) is 3. The van der Waals surface area contributed by atoms with Crippen molar-refractivity contribution in [3.8, 4) is 5.75 Å². The highest BCUT2D eigenvalue weighted by molar-refractivity contribution is 5.89. The van der Waals surface area contributed by atoms with Crippen molar-refractivity contribution in [3.63, 3.8) is 0 Å². The monoisotopic (exact) mass is 298 g/mol. The molecule has 2 atom stereocenters. The molecule has 0 aliphatic rings. The van der Waals surface area contributed by atoms with Crippen LogP contribution < -0.4 is 4.74 Å². The molecule has 0 radical (unpaired) electrons. The van der Waals surface area contributed by atoms with E-state index >= 15 is 0 Å². The van der Waals surface area contributed by atoms with Gasteiger partial charge in [0.05, 0.1) is 21.3 Å². The molecular weight excluding hydrogens is 280 g/mol. The Morgan fingerprint density at radius 2 is 1.71 bits per heavy atom. The highest BCUT2D eigenvalue weighted by Crippen LogP contribution is 2.22. The fourth-order valence-electron chi connectivity index (χ4n) is 1.82. The van der Waals surface area contributed by atoms with Crippen LogP contribution in [0.3, 0.4) is 0 Å². The van der Waals surface area contributed by atoms with Crippen LogP contribution in [-0.2, 0) is 25.5 Å². The van der Waals surface area contributed by atoms with Crippen molar-refractivity contribution in [2.45, 2.75) is 18.1 Å². The first kappa shape index (κ1) is 16.9. The number of rotatable bonds is 6. The third kappa shape index (κ3) is 3.71. The van der Waals surface area contributed by atoms with E-state index in [1.165, 1.54) is 7.11 Å². The summed E-state index contributed by atoms with van der Waals surface area (Å²) in [5.41, 5.74) is -1.93. The van der Waals surface area contributed by atoms with Gasteiger partial charge in [0.15, 0.2) is 6.10 Å². The summed E-state index contributed by atoms with van der Waals surface area (Å²) in [7, 11) is 3.59. The van der Waals surface area contributed by atoms with Gasteiger partial charge in [0.2, 0.25) is 5.60 Å². The van der Waals surface area contributed by atoms with Crippen LogP contribution in [0.2, 0.25) is 0 Å². The van der Waals surface area contributed by atoms with E-state index < -0.39 is 23.6 Å². The van der Waals surface area contributed by atoms with Gasteiger partial charge in [-0.3, -0.25) is 0 Å².